The highest BCUT2D eigenvalue weighted by Gasteiger charge is 2.36. The van der Waals surface area contributed by atoms with Gasteiger partial charge in [-0.15, -0.1) is 23.2 Å². The Bertz CT molecular complexity index is 2060. The molecule has 0 fully saturated rings. The van der Waals surface area contributed by atoms with Crippen LogP contribution in [0.3, 0.4) is 0 Å². The molecule has 60 heavy (non-hydrogen) atoms. The molecule has 10 heteroatoms. The standard InChI is InChI=1S/C50H48Cl2O8/c1-55-41-25-17-35(18-26-41)49(51,36-19-27-42(56-2)28-20-36)39-11-9-13-45(33-39)59-47(53)15-7-5-6-8-16-48(54)60-46-14-10-12-40(34-46)50(52,37-21-29-43(57-3)30-22-37)38-23-31-44(58-4)32-24-38/h9-14,17-34H,5-8,15-16H2,1-4H3. The molecule has 0 atom stereocenters. The Labute approximate surface area is 361 Å². The molecular formula is C50H48Cl2O8. The van der Waals surface area contributed by atoms with Crippen LogP contribution < -0.4 is 28.4 Å². The van der Waals surface area contributed by atoms with Crippen LogP contribution in [-0.2, 0) is 19.3 Å². The first kappa shape index (κ1) is 43.6. The van der Waals surface area contributed by atoms with Crippen LogP contribution >= 0.6 is 23.2 Å². The third-order valence-corrected chi connectivity index (χ3v) is 11.7. The summed E-state index contributed by atoms with van der Waals surface area (Å²) >= 11 is 15.1. The number of ether oxygens (including phenoxy) is 6. The molecule has 0 aliphatic heterocycles. The Hall–Kier alpha value is -5.96. The number of carbonyl (C=O) groups excluding carboxylic acids is 2. The fraction of sp³-hybridized carbons (Fsp3) is 0.240. The van der Waals surface area contributed by atoms with Crippen molar-refractivity contribution in [1.29, 1.82) is 0 Å². The third-order valence-electron chi connectivity index (χ3n) is 10.4. The number of hydrogen-bond acceptors (Lipinski definition) is 8. The van der Waals surface area contributed by atoms with Gasteiger partial charge in [-0.3, -0.25) is 9.59 Å². The predicted molar refractivity (Wildman–Crippen MR) is 235 cm³/mol. The lowest BCUT2D eigenvalue weighted by atomic mass is 9.84. The van der Waals surface area contributed by atoms with Gasteiger partial charge in [-0.2, -0.15) is 0 Å². The first-order valence-corrected chi connectivity index (χ1v) is 20.4. The second-order valence-corrected chi connectivity index (χ2v) is 15.3. The first-order valence-electron chi connectivity index (χ1n) is 19.7. The predicted octanol–water partition coefficient (Wildman–Crippen LogP) is 11.6. The Morgan fingerprint density at radius 3 is 0.933 bits per heavy atom. The third kappa shape index (κ3) is 10.2. The molecule has 8 nitrogen and oxygen atoms in total. The molecule has 0 unspecified atom stereocenters. The molecule has 0 saturated heterocycles. The highest BCUT2D eigenvalue weighted by atomic mass is 35.5. The molecule has 0 aliphatic carbocycles. The smallest absolute Gasteiger partial charge is 0.311 e. The van der Waals surface area contributed by atoms with E-state index in [-0.39, 0.29) is 24.8 Å². The quantitative estimate of drug-likeness (QED) is 0.0262. The summed E-state index contributed by atoms with van der Waals surface area (Å²) in [6.45, 7) is 0. The number of alkyl halides is 2. The molecule has 6 rings (SSSR count). The lowest BCUT2D eigenvalue weighted by molar-refractivity contribution is -0.135. The zero-order valence-electron chi connectivity index (χ0n) is 34.1. The SMILES string of the molecule is COc1ccc(C(Cl)(c2ccc(OC)cc2)c2cccc(OC(=O)CCCCCCC(=O)Oc3cccc(C(Cl)(c4ccc(OC)cc4)c4ccc(OC)cc4)c3)c2)cc1. The molecule has 0 amide bonds. The second-order valence-electron chi connectivity index (χ2n) is 14.1. The molecular weight excluding hydrogens is 799 g/mol. The number of hydrogen-bond donors (Lipinski definition) is 0. The summed E-state index contributed by atoms with van der Waals surface area (Å²) in [6.07, 6.45) is 3.18. The summed E-state index contributed by atoms with van der Waals surface area (Å²) in [5.74, 6) is 2.95. The number of halogens is 2. The van der Waals surface area contributed by atoms with Crippen LogP contribution in [0.1, 0.15) is 71.9 Å². The average molecular weight is 848 g/mol. The molecule has 6 aromatic carbocycles. The van der Waals surface area contributed by atoms with Crippen LogP contribution in [0.4, 0.5) is 0 Å². The van der Waals surface area contributed by atoms with Crippen molar-refractivity contribution in [3.8, 4) is 34.5 Å². The summed E-state index contributed by atoms with van der Waals surface area (Å²) in [5.41, 5.74) is 4.76. The highest BCUT2D eigenvalue weighted by molar-refractivity contribution is 6.28. The van der Waals surface area contributed by atoms with Crippen LogP contribution in [0.15, 0.2) is 146 Å². The molecule has 0 radical (unpaired) electrons. The van der Waals surface area contributed by atoms with Gasteiger partial charge in [0, 0.05) is 12.8 Å². The van der Waals surface area contributed by atoms with Gasteiger partial charge in [0.15, 0.2) is 0 Å². The van der Waals surface area contributed by atoms with Crippen LogP contribution in [0.25, 0.3) is 0 Å². The fourth-order valence-corrected chi connectivity index (χ4v) is 7.83. The van der Waals surface area contributed by atoms with Gasteiger partial charge in [0.1, 0.15) is 44.2 Å². The molecule has 0 heterocycles. The molecule has 0 N–H and O–H groups in total. The van der Waals surface area contributed by atoms with Gasteiger partial charge in [-0.25, -0.2) is 0 Å². The Balaban J connectivity index is 1.02. The van der Waals surface area contributed by atoms with E-state index in [9.17, 15) is 9.59 Å². The van der Waals surface area contributed by atoms with Crippen LogP contribution in [0, 0.1) is 0 Å². The van der Waals surface area contributed by atoms with Crippen molar-refractivity contribution < 1.29 is 38.0 Å². The molecule has 6 aromatic rings. The van der Waals surface area contributed by atoms with Gasteiger partial charge in [0.25, 0.3) is 0 Å². The average Bonchev–Trinajstić information content (AvgIpc) is 3.29. The molecule has 0 saturated carbocycles. The van der Waals surface area contributed by atoms with E-state index in [1.165, 1.54) is 0 Å². The number of esters is 2. The molecule has 0 spiro atoms. The van der Waals surface area contributed by atoms with Crippen molar-refractivity contribution in [2.75, 3.05) is 28.4 Å². The van der Waals surface area contributed by atoms with Gasteiger partial charge < -0.3 is 28.4 Å². The lowest BCUT2D eigenvalue weighted by Crippen LogP contribution is -2.22. The largest absolute Gasteiger partial charge is 0.497 e. The number of methoxy groups -OCH3 is 4. The van der Waals surface area contributed by atoms with Gasteiger partial charge in [-0.1, -0.05) is 85.6 Å². The monoisotopic (exact) mass is 846 g/mol. The van der Waals surface area contributed by atoms with Crippen molar-refractivity contribution in [3.05, 3.63) is 179 Å². The van der Waals surface area contributed by atoms with Crippen molar-refractivity contribution in [2.24, 2.45) is 0 Å². The van der Waals surface area contributed by atoms with Crippen LogP contribution in [0.5, 0.6) is 34.5 Å². The minimum Gasteiger partial charge on any atom is -0.497 e. The zero-order chi connectivity index (χ0) is 42.5. The van der Waals surface area contributed by atoms with Crippen molar-refractivity contribution in [1.82, 2.24) is 0 Å². The Morgan fingerprint density at radius 2 is 0.667 bits per heavy atom. The van der Waals surface area contributed by atoms with E-state index in [1.54, 1.807) is 52.7 Å². The van der Waals surface area contributed by atoms with Gasteiger partial charge in [0.05, 0.1) is 28.4 Å². The van der Waals surface area contributed by atoms with Gasteiger partial charge >= 0.3 is 11.9 Å². The number of rotatable bonds is 19. The highest BCUT2D eigenvalue weighted by Crippen LogP contribution is 2.46. The summed E-state index contributed by atoms with van der Waals surface area (Å²) in [5, 5.41) is 0. The van der Waals surface area contributed by atoms with Gasteiger partial charge in [0.2, 0.25) is 0 Å². The van der Waals surface area contributed by atoms with E-state index in [1.807, 2.05) is 121 Å². The Kier molecular flexibility index (Phi) is 14.8. The van der Waals surface area contributed by atoms with Crippen molar-refractivity contribution in [2.45, 2.75) is 48.3 Å². The summed E-state index contributed by atoms with van der Waals surface area (Å²) < 4.78 is 33.1. The topological polar surface area (TPSA) is 89.5 Å². The first-order chi connectivity index (χ1) is 29.1. The van der Waals surface area contributed by atoms with E-state index >= 15 is 0 Å². The molecule has 310 valence electrons. The lowest BCUT2D eigenvalue weighted by Gasteiger charge is -2.29. The summed E-state index contributed by atoms with van der Waals surface area (Å²) in [6, 6.07) is 44.8. The van der Waals surface area contributed by atoms with E-state index in [0.29, 0.717) is 47.3 Å². The Morgan fingerprint density at radius 1 is 0.383 bits per heavy atom. The van der Waals surface area contributed by atoms with E-state index in [0.717, 1.165) is 46.2 Å². The van der Waals surface area contributed by atoms with Crippen molar-refractivity contribution in [3.63, 3.8) is 0 Å². The van der Waals surface area contributed by atoms with E-state index in [4.69, 9.17) is 51.6 Å². The van der Waals surface area contributed by atoms with Crippen LogP contribution in [0.2, 0.25) is 0 Å². The van der Waals surface area contributed by atoms with E-state index in [2.05, 4.69) is 0 Å². The summed E-state index contributed by atoms with van der Waals surface area (Å²) in [4.78, 5) is 23.7. The maximum absolute atomic E-state index is 13.0. The minimum absolute atomic E-state index is 0.229. The zero-order valence-corrected chi connectivity index (χ0v) is 35.6. The summed E-state index contributed by atoms with van der Waals surface area (Å²) in [7, 11) is 6.46. The normalized spacial score (nSPS) is 11.4. The number of benzene rings is 6. The maximum Gasteiger partial charge on any atom is 0.311 e. The van der Waals surface area contributed by atoms with Crippen LogP contribution in [-0.4, -0.2) is 40.4 Å². The maximum atomic E-state index is 13.0. The fourth-order valence-electron chi connectivity index (χ4n) is 7.09. The molecule has 0 aliphatic rings. The molecule has 0 bridgehead atoms. The number of carbonyl (C=O) groups is 2. The van der Waals surface area contributed by atoms with Gasteiger partial charge in [-0.05, 0) is 119 Å². The van der Waals surface area contributed by atoms with Crippen molar-refractivity contribution >= 4 is 35.1 Å². The minimum atomic E-state index is -1.09. The second kappa shape index (κ2) is 20.3. The van der Waals surface area contributed by atoms with E-state index < -0.39 is 9.75 Å². The molecule has 0 aromatic heterocycles. The number of unbranched alkanes of at least 4 members (excludes halogenated alkanes) is 3.